The van der Waals surface area contributed by atoms with E-state index < -0.39 is 0 Å². The van der Waals surface area contributed by atoms with Crippen LogP contribution in [0.2, 0.25) is 0 Å². The van der Waals surface area contributed by atoms with Gasteiger partial charge in [-0.15, -0.1) is 0 Å². The van der Waals surface area contributed by atoms with Gasteiger partial charge >= 0.3 is 0 Å². The average Bonchev–Trinajstić information content (AvgIpc) is 3.01. The Balaban J connectivity index is 1.91. The van der Waals surface area contributed by atoms with Gasteiger partial charge in [0.15, 0.2) is 0 Å². The summed E-state index contributed by atoms with van der Waals surface area (Å²) in [5.41, 5.74) is 2.48. The number of hydrogen-bond donors (Lipinski definition) is 1. The second kappa shape index (κ2) is 7.25. The molecule has 3 heteroatoms. The molecule has 1 heterocycles. The van der Waals surface area contributed by atoms with E-state index in [0.717, 1.165) is 18.2 Å². The first-order valence-corrected chi connectivity index (χ1v) is 7.55. The zero-order valence-corrected chi connectivity index (χ0v) is 12.7. The van der Waals surface area contributed by atoms with Crippen molar-refractivity contribution in [2.45, 2.75) is 46.2 Å². The Labute approximate surface area is 122 Å². The van der Waals surface area contributed by atoms with Crippen molar-refractivity contribution in [1.29, 1.82) is 0 Å². The molecule has 0 spiro atoms. The molecule has 1 aromatic heterocycles. The van der Waals surface area contributed by atoms with E-state index in [1.165, 1.54) is 18.4 Å². The van der Waals surface area contributed by atoms with Crippen LogP contribution in [-0.4, -0.2) is 15.6 Å². The first kappa shape index (κ1) is 14.8. The molecule has 1 aromatic carbocycles. The minimum Gasteiger partial charge on any atom is -0.310 e. The molecule has 0 fully saturated rings. The molecule has 0 saturated carbocycles. The summed E-state index contributed by atoms with van der Waals surface area (Å²) >= 11 is 0. The molecule has 0 aliphatic carbocycles. The SMILES string of the molecule is CCC(CC)C(C)NCc1ccc(-n2ccnc2)cc1. The molecule has 0 aliphatic rings. The number of nitrogens with zero attached hydrogens (tertiary/aromatic N) is 2. The highest BCUT2D eigenvalue weighted by Crippen LogP contribution is 2.14. The molecule has 0 radical (unpaired) electrons. The molecule has 108 valence electrons. The van der Waals surface area contributed by atoms with Crippen molar-refractivity contribution in [2.24, 2.45) is 5.92 Å². The minimum atomic E-state index is 0.568. The highest BCUT2D eigenvalue weighted by Gasteiger charge is 2.12. The Kier molecular flexibility index (Phi) is 5.36. The number of nitrogens with one attached hydrogen (secondary N) is 1. The molecule has 0 saturated heterocycles. The molecule has 0 amide bonds. The molecular formula is C17H25N3. The maximum atomic E-state index is 4.07. The number of aromatic nitrogens is 2. The lowest BCUT2D eigenvalue weighted by atomic mass is 9.95. The van der Waals surface area contributed by atoms with Crippen molar-refractivity contribution >= 4 is 0 Å². The van der Waals surface area contributed by atoms with Crippen LogP contribution >= 0.6 is 0 Å². The third-order valence-corrected chi connectivity index (χ3v) is 4.12. The lowest BCUT2D eigenvalue weighted by Crippen LogP contribution is -2.32. The van der Waals surface area contributed by atoms with Crippen LogP contribution in [0.15, 0.2) is 43.0 Å². The average molecular weight is 271 g/mol. The van der Waals surface area contributed by atoms with Gasteiger partial charge in [-0.25, -0.2) is 4.98 Å². The Hall–Kier alpha value is -1.61. The molecule has 0 aliphatic heterocycles. The Morgan fingerprint density at radius 3 is 2.40 bits per heavy atom. The smallest absolute Gasteiger partial charge is 0.0991 e. The highest BCUT2D eigenvalue weighted by atomic mass is 15.0. The Morgan fingerprint density at radius 1 is 1.15 bits per heavy atom. The molecule has 1 N–H and O–H groups in total. The summed E-state index contributed by atoms with van der Waals surface area (Å²) in [5, 5.41) is 3.64. The van der Waals surface area contributed by atoms with Gasteiger partial charge in [-0.05, 0) is 30.5 Å². The summed E-state index contributed by atoms with van der Waals surface area (Å²) in [4.78, 5) is 4.07. The van der Waals surface area contributed by atoms with Gasteiger partial charge in [0.1, 0.15) is 0 Å². The predicted octanol–water partition coefficient (Wildman–Crippen LogP) is 3.79. The monoisotopic (exact) mass is 271 g/mol. The molecule has 1 unspecified atom stereocenters. The molecule has 3 nitrogen and oxygen atoms in total. The van der Waals surface area contributed by atoms with Gasteiger partial charge < -0.3 is 9.88 Å². The summed E-state index contributed by atoms with van der Waals surface area (Å²) < 4.78 is 2.02. The summed E-state index contributed by atoms with van der Waals surface area (Å²) in [5.74, 6) is 0.764. The first-order chi connectivity index (χ1) is 9.74. The molecule has 2 aromatic rings. The van der Waals surface area contributed by atoms with Gasteiger partial charge in [-0.2, -0.15) is 0 Å². The molecule has 0 bridgehead atoms. The fourth-order valence-corrected chi connectivity index (χ4v) is 2.64. The van der Waals surface area contributed by atoms with E-state index in [2.05, 4.69) is 55.3 Å². The van der Waals surface area contributed by atoms with E-state index in [4.69, 9.17) is 0 Å². The number of hydrogen-bond acceptors (Lipinski definition) is 2. The van der Waals surface area contributed by atoms with Crippen LogP contribution in [-0.2, 0) is 6.54 Å². The quantitative estimate of drug-likeness (QED) is 0.830. The van der Waals surface area contributed by atoms with Gasteiger partial charge in [0.25, 0.3) is 0 Å². The van der Waals surface area contributed by atoms with E-state index in [1.807, 2.05) is 17.1 Å². The normalized spacial score (nSPS) is 12.8. The van der Waals surface area contributed by atoms with E-state index in [1.54, 1.807) is 6.20 Å². The van der Waals surface area contributed by atoms with Crippen LogP contribution in [0, 0.1) is 5.92 Å². The summed E-state index contributed by atoms with van der Waals surface area (Å²) in [7, 11) is 0. The zero-order valence-electron chi connectivity index (χ0n) is 12.7. The number of benzene rings is 1. The highest BCUT2D eigenvalue weighted by molar-refractivity contribution is 5.34. The Bertz CT molecular complexity index is 483. The third kappa shape index (κ3) is 3.70. The van der Waals surface area contributed by atoms with Crippen LogP contribution in [0.25, 0.3) is 5.69 Å². The second-order valence-corrected chi connectivity index (χ2v) is 5.38. The largest absolute Gasteiger partial charge is 0.310 e. The van der Waals surface area contributed by atoms with Crippen LogP contribution in [0.5, 0.6) is 0 Å². The maximum absolute atomic E-state index is 4.07. The maximum Gasteiger partial charge on any atom is 0.0991 e. The summed E-state index contributed by atoms with van der Waals surface area (Å²) in [6.45, 7) is 7.76. The van der Waals surface area contributed by atoms with E-state index in [9.17, 15) is 0 Å². The van der Waals surface area contributed by atoms with Crippen LogP contribution in [0.3, 0.4) is 0 Å². The van der Waals surface area contributed by atoms with Gasteiger partial charge in [0.05, 0.1) is 6.33 Å². The fraction of sp³-hybridized carbons (Fsp3) is 0.471. The lowest BCUT2D eigenvalue weighted by molar-refractivity contribution is 0.353. The van der Waals surface area contributed by atoms with Crippen molar-refractivity contribution in [3.63, 3.8) is 0 Å². The van der Waals surface area contributed by atoms with E-state index in [0.29, 0.717) is 6.04 Å². The first-order valence-electron chi connectivity index (χ1n) is 7.55. The van der Waals surface area contributed by atoms with Crippen molar-refractivity contribution in [2.75, 3.05) is 0 Å². The molecule has 2 rings (SSSR count). The zero-order chi connectivity index (χ0) is 14.4. The molecular weight excluding hydrogens is 246 g/mol. The van der Waals surface area contributed by atoms with Crippen LogP contribution in [0.4, 0.5) is 0 Å². The number of imidazole rings is 1. The van der Waals surface area contributed by atoms with Crippen molar-refractivity contribution in [1.82, 2.24) is 14.9 Å². The third-order valence-electron chi connectivity index (χ3n) is 4.12. The molecule has 1 atom stereocenters. The number of rotatable bonds is 7. The van der Waals surface area contributed by atoms with Gasteiger partial charge in [0, 0.05) is 30.7 Å². The second-order valence-electron chi connectivity index (χ2n) is 5.38. The minimum absolute atomic E-state index is 0.568. The fourth-order valence-electron chi connectivity index (χ4n) is 2.64. The van der Waals surface area contributed by atoms with Gasteiger partial charge in [0.2, 0.25) is 0 Å². The van der Waals surface area contributed by atoms with Crippen molar-refractivity contribution in [3.8, 4) is 5.69 Å². The van der Waals surface area contributed by atoms with Gasteiger partial charge in [-0.3, -0.25) is 0 Å². The van der Waals surface area contributed by atoms with Crippen molar-refractivity contribution in [3.05, 3.63) is 48.5 Å². The summed E-state index contributed by atoms with van der Waals surface area (Å²) in [6.07, 6.45) is 8.06. The lowest BCUT2D eigenvalue weighted by Gasteiger charge is -2.22. The Morgan fingerprint density at radius 2 is 1.85 bits per heavy atom. The van der Waals surface area contributed by atoms with Crippen LogP contribution in [0.1, 0.15) is 39.2 Å². The van der Waals surface area contributed by atoms with E-state index >= 15 is 0 Å². The standard InChI is InChI=1S/C17H25N3/c1-4-16(5-2)14(3)19-12-15-6-8-17(9-7-15)20-11-10-18-13-20/h6-11,13-14,16,19H,4-5,12H2,1-3H3. The molecule has 20 heavy (non-hydrogen) atoms. The topological polar surface area (TPSA) is 29.9 Å². The van der Waals surface area contributed by atoms with Crippen LogP contribution < -0.4 is 5.32 Å². The van der Waals surface area contributed by atoms with Crippen molar-refractivity contribution < 1.29 is 0 Å². The predicted molar refractivity (Wildman–Crippen MR) is 83.9 cm³/mol. The summed E-state index contributed by atoms with van der Waals surface area (Å²) in [6, 6.07) is 9.21. The van der Waals surface area contributed by atoms with Gasteiger partial charge in [-0.1, -0.05) is 38.8 Å². The van der Waals surface area contributed by atoms with E-state index in [-0.39, 0.29) is 0 Å².